The fourth-order valence-electron chi connectivity index (χ4n) is 1.50. The van der Waals surface area contributed by atoms with Gasteiger partial charge in [-0.15, -0.1) is 6.42 Å². The highest BCUT2D eigenvalue weighted by Crippen LogP contribution is 2.14. The molecule has 1 N–H and O–H groups in total. The van der Waals surface area contributed by atoms with Gasteiger partial charge in [0.2, 0.25) is 5.91 Å². The predicted octanol–water partition coefficient (Wildman–Crippen LogP) is 1.15. The first kappa shape index (κ1) is 15.9. The monoisotopic (exact) mass is 288 g/mol. The van der Waals surface area contributed by atoms with E-state index in [0.29, 0.717) is 5.56 Å². The van der Waals surface area contributed by atoms with Crippen LogP contribution in [0.1, 0.15) is 5.56 Å². The van der Waals surface area contributed by atoms with Crippen molar-refractivity contribution in [3.8, 4) is 12.3 Å². The van der Waals surface area contributed by atoms with Crippen LogP contribution in [0.2, 0.25) is 0 Å². The average molecular weight is 288 g/mol. The van der Waals surface area contributed by atoms with Gasteiger partial charge in [0.1, 0.15) is 6.54 Å². The van der Waals surface area contributed by atoms with Gasteiger partial charge < -0.3 is 10.0 Å². The maximum atomic E-state index is 11.8. The van der Waals surface area contributed by atoms with Crippen LogP contribution in [-0.2, 0) is 9.59 Å². The van der Waals surface area contributed by atoms with Gasteiger partial charge in [-0.05, 0) is 11.6 Å². The molecule has 0 saturated heterocycles. The zero-order valence-electron chi connectivity index (χ0n) is 10.9. The van der Waals surface area contributed by atoms with Gasteiger partial charge in [0, 0.05) is 18.2 Å². The Bertz CT molecular complexity index is 630. The molecule has 7 heteroatoms. The van der Waals surface area contributed by atoms with Gasteiger partial charge in [-0.3, -0.25) is 19.7 Å². The van der Waals surface area contributed by atoms with Crippen LogP contribution in [0.4, 0.5) is 5.69 Å². The van der Waals surface area contributed by atoms with Gasteiger partial charge in [0.15, 0.2) is 0 Å². The number of amides is 1. The van der Waals surface area contributed by atoms with Crippen LogP contribution in [0.5, 0.6) is 0 Å². The smallest absolute Gasteiger partial charge is 0.323 e. The molecular formula is C14H12N2O5. The molecule has 1 rings (SSSR count). The van der Waals surface area contributed by atoms with Crippen molar-refractivity contribution in [1.82, 2.24) is 4.90 Å². The summed E-state index contributed by atoms with van der Waals surface area (Å²) in [6.45, 7) is -0.646. The summed E-state index contributed by atoms with van der Waals surface area (Å²) in [6, 6.07) is 5.69. The van der Waals surface area contributed by atoms with Crippen molar-refractivity contribution in [3.63, 3.8) is 0 Å². The van der Waals surface area contributed by atoms with E-state index in [-0.39, 0.29) is 12.2 Å². The Balaban J connectivity index is 2.85. The second-order valence-corrected chi connectivity index (χ2v) is 3.98. The fraction of sp³-hybridized carbons (Fsp3) is 0.143. The van der Waals surface area contributed by atoms with Gasteiger partial charge >= 0.3 is 5.97 Å². The largest absolute Gasteiger partial charge is 0.480 e. The molecule has 0 aliphatic rings. The lowest BCUT2D eigenvalue weighted by Crippen LogP contribution is -2.34. The van der Waals surface area contributed by atoms with E-state index in [1.807, 2.05) is 0 Å². The van der Waals surface area contributed by atoms with Crippen LogP contribution in [0.25, 0.3) is 6.08 Å². The Morgan fingerprint density at radius 2 is 2.19 bits per heavy atom. The summed E-state index contributed by atoms with van der Waals surface area (Å²) < 4.78 is 0. The molecule has 0 atom stereocenters. The summed E-state index contributed by atoms with van der Waals surface area (Å²) in [5.74, 6) is 0.435. The number of nitro groups is 1. The van der Waals surface area contributed by atoms with Crippen LogP contribution in [0.3, 0.4) is 0 Å². The quantitative estimate of drug-likeness (QED) is 0.366. The van der Waals surface area contributed by atoms with Gasteiger partial charge in [-0.2, -0.15) is 0 Å². The molecule has 21 heavy (non-hydrogen) atoms. The molecule has 1 aromatic carbocycles. The molecule has 0 radical (unpaired) electrons. The summed E-state index contributed by atoms with van der Waals surface area (Å²) in [5, 5.41) is 19.3. The van der Waals surface area contributed by atoms with Crippen LogP contribution < -0.4 is 0 Å². The molecule has 7 nitrogen and oxygen atoms in total. The number of hydrogen-bond donors (Lipinski definition) is 1. The molecule has 1 aromatic rings. The highest BCUT2D eigenvalue weighted by molar-refractivity contribution is 5.93. The summed E-state index contributed by atoms with van der Waals surface area (Å²) in [6.07, 6.45) is 7.55. The lowest BCUT2D eigenvalue weighted by molar-refractivity contribution is -0.384. The van der Waals surface area contributed by atoms with E-state index in [1.165, 1.54) is 24.3 Å². The Kier molecular flexibility index (Phi) is 5.65. The minimum atomic E-state index is -1.18. The Labute approximate surface area is 120 Å². The number of carboxylic acid groups (broad SMARTS) is 1. The number of non-ortho nitro benzene ring substituents is 1. The van der Waals surface area contributed by atoms with Crippen molar-refractivity contribution in [2.45, 2.75) is 0 Å². The van der Waals surface area contributed by atoms with E-state index in [0.717, 1.165) is 11.0 Å². The average Bonchev–Trinajstić information content (AvgIpc) is 2.44. The molecule has 1 amide bonds. The molecule has 0 fully saturated rings. The van der Waals surface area contributed by atoms with Crippen LogP contribution in [0, 0.1) is 22.5 Å². The first-order valence-corrected chi connectivity index (χ1v) is 5.80. The topological polar surface area (TPSA) is 101 Å². The van der Waals surface area contributed by atoms with Crippen molar-refractivity contribution in [3.05, 3.63) is 46.0 Å². The lowest BCUT2D eigenvalue weighted by atomic mass is 10.2. The zero-order chi connectivity index (χ0) is 15.8. The molecule has 0 heterocycles. The maximum absolute atomic E-state index is 11.8. The molecule has 0 spiro atoms. The van der Waals surface area contributed by atoms with Gasteiger partial charge in [-0.1, -0.05) is 18.1 Å². The molecule has 0 aromatic heterocycles. The lowest BCUT2D eigenvalue weighted by Gasteiger charge is -2.15. The number of aliphatic carboxylic acids is 1. The summed E-state index contributed by atoms with van der Waals surface area (Å²) >= 11 is 0. The standard InChI is InChI=1S/C14H12N2O5/c1-2-8-15(10-14(18)19)13(17)7-6-11-4-3-5-12(9-11)16(20)21/h1,3-7,9H,8,10H2,(H,18,19). The minimum absolute atomic E-state index is 0.101. The second kappa shape index (κ2) is 7.45. The number of nitrogens with zero attached hydrogens (tertiary/aromatic N) is 2. The molecule has 108 valence electrons. The number of carbonyl (C=O) groups is 2. The van der Waals surface area contributed by atoms with E-state index >= 15 is 0 Å². The Morgan fingerprint density at radius 1 is 1.48 bits per heavy atom. The fourth-order valence-corrected chi connectivity index (χ4v) is 1.50. The number of benzene rings is 1. The number of terminal acetylenes is 1. The summed E-state index contributed by atoms with van der Waals surface area (Å²) in [7, 11) is 0. The van der Waals surface area contributed by atoms with E-state index in [1.54, 1.807) is 6.07 Å². The second-order valence-electron chi connectivity index (χ2n) is 3.98. The normalized spacial score (nSPS) is 10.0. The molecule has 0 aliphatic heterocycles. The third-order valence-corrected chi connectivity index (χ3v) is 2.42. The predicted molar refractivity (Wildman–Crippen MR) is 75.2 cm³/mol. The number of hydrogen-bond acceptors (Lipinski definition) is 4. The highest BCUT2D eigenvalue weighted by atomic mass is 16.6. The molecule has 0 aliphatic carbocycles. The van der Waals surface area contributed by atoms with Crippen molar-refractivity contribution < 1.29 is 19.6 Å². The summed E-state index contributed by atoms with van der Waals surface area (Å²) in [4.78, 5) is 33.5. The van der Waals surface area contributed by atoms with E-state index in [2.05, 4.69) is 5.92 Å². The van der Waals surface area contributed by atoms with E-state index < -0.39 is 23.3 Å². The third kappa shape index (κ3) is 5.16. The zero-order valence-corrected chi connectivity index (χ0v) is 10.9. The maximum Gasteiger partial charge on any atom is 0.323 e. The van der Waals surface area contributed by atoms with Crippen LogP contribution in [0.15, 0.2) is 30.3 Å². The highest BCUT2D eigenvalue weighted by Gasteiger charge is 2.13. The van der Waals surface area contributed by atoms with Crippen LogP contribution >= 0.6 is 0 Å². The van der Waals surface area contributed by atoms with Gasteiger partial charge in [0.05, 0.1) is 11.5 Å². The number of carboxylic acids is 1. The minimum Gasteiger partial charge on any atom is -0.480 e. The van der Waals surface area contributed by atoms with Crippen molar-refractivity contribution in [1.29, 1.82) is 0 Å². The summed E-state index contributed by atoms with van der Waals surface area (Å²) in [5.41, 5.74) is 0.351. The number of nitro benzene ring substituents is 1. The van der Waals surface area contributed by atoms with E-state index in [9.17, 15) is 19.7 Å². The molecule has 0 unspecified atom stereocenters. The van der Waals surface area contributed by atoms with Gasteiger partial charge in [-0.25, -0.2) is 0 Å². The number of carbonyl (C=O) groups excluding carboxylic acids is 1. The number of rotatable bonds is 6. The van der Waals surface area contributed by atoms with Crippen molar-refractivity contribution in [2.75, 3.05) is 13.1 Å². The first-order chi connectivity index (χ1) is 9.93. The Hall–Kier alpha value is -3.14. The SMILES string of the molecule is C#CCN(CC(=O)O)C(=O)C=Cc1cccc([N+](=O)[O-])c1. The Morgan fingerprint density at radius 3 is 2.76 bits per heavy atom. The first-order valence-electron chi connectivity index (χ1n) is 5.80. The molecule has 0 bridgehead atoms. The molecule has 0 saturated carbocycles. The molecular weight excluding hydrogens is 276 g/mol. The van der Waals surface area contributed by atoms with Crippen LogP contribution in [-0.4, -0.2) is 39.9 Å². The third-order valence-electron chi connectivity index (χ3n) is 2.42. The van der Waals surface area contributed by atoms with Crippen molar-refractivity contribution >= 4 is 23.6 Å². The van der Waals surface area contributed by atoms with Gasteiger partial charge in [0.25, 0.3) is 5.69 Å². The van der Waals surface area contributed by atoms with Crippen molar-refractivity contribution in [2.24, 2.45) is 0 Å². The van der Waals surface area contributed by atoms with E-state index in [4.69, 9.17) is 11.5 Å².